The van der Waals surface area contributed by atoms with Gasteiger partial charge in [-0.1, -0.05) is 6.08 Å². The molecule has 4 bridgehead atoms. The van der Waals surface area contributed by atoms with Gasteiger partial charge in [0.1, 0.15) is 0 Å². The van der Waals surface area contributed by atoms with Crippen molar-refractivity contribution >= 4 is 0 Å². The Hall–Kier alpha value is -0.770. The van der Waals surface area contributed by atoms with Gasteiger partial charge in [0.25, 0.3) is 0 Å². The third kappa shape index (κ3) is 1.51. The van der Waals surface area contributed by atoms with E-state index in [-0.39, 0.29) is 0 Å². The van der Waals surface area contributed by atoms with Crippen LogP contribution in [0.5, 0.6) is 0 Å². The predicted octanol–water partition coefficient (Wildman–Crippen LogP) is 3.67. The second kappa shape index (κ2) is 3.11. The van der Waals surface area contributed by atoms with E-state index < -0.39 is 0 Å². The number of hydrogen-bond donors (Lipinski definition) is 0. The Balaban J connectivity index is 1.91. The average Bonchev–Trinajstić information content (AvgIpc) is 2.14. The summed E-state index contributed by atoms with van der Waals surface area (Å²) in [6, 6.07) is 2.30. The zero-order chi connectivity index (χ0) is 10.5. The highest BCUT2D eigenvalue weighted by atomic mass is 14.5. The van der Waals surface area contributed by atoms with Crippen LogP contribution in [0.3, 0.4) is 0 Å². The second-order valence-electron chi connectivity index (χ2n) is 6.22. The zero-order valence-corrected chi connectivity index (χ0v) is 9.50. The largest absolute Gasteiger partial charge is 0.193 e. The monoisotopic (exact) mass is 201 g/mol. The average molecular weight is 201 g/mol. The molecule has 4 rings (SSSR count). The molecule has 0 N–H and O–H groups in total. The quantitative estimate of drug-likeness (QED) is 0.594. The topological polar surface area (TPSA) is 23.8 Å². The molecule has 0 atom stereocenters. The number of allylic oxidation sites excluding steroid dienone is 2. The highest BCUT2D eigenvalue weighted by Crippen LogP contribution is 2.60. The van der Waals surface area contributed by atoms with Gasteiger partial charge < -0.3 is 0 Å². The SMILES string of the molecule is C/C(C#N)=C\C12CC3CC(CC(C3)C1)C2. The first kappa shape index (κ1) is 9.46. The fourth-order valence-corrected chi connectivity index (χ4v) is 4.85. The lowest BCUT2D eigenvalue weighted by Gasteiger charge is -2.56. The lowest BCUT2D eigenvalue weighted by molar-refractivity contribution is -0.0240. The summed E-state index contributed by atoms with van der Waals surface area (Å²) in [6.45, 7) is 1.97. The molecule has 0 aliphatic heterocycles. The van der Waals surface area contributed by atoms with E-state index in [2.05, 4.69) is 12.1 Å². The van der Waals surface area contributed by atoms with Crippen molar-refractivity contribution in [3.63, 3.8) is 0 Å². The molecule has 15 heavy (non-hydrogen) atoms. The van der Waals surface area contributed by atoms with Crippen LogP contribution in [0, 0.1) is 34.5 Å². The molecular weight excluding hydrogens is 182 g/mol. The van der Waals surface area contributed by atoms with Crippen molar-refractivity contribution in [2.24, 2.45) is 23.2 Å². The molecule has 80 valence electrons. The van der Waals surface area contributed by atoms with Crippen molar-refractivity contribution in [3.05, 3.63) is 11.6 Å². The molecule has 0 amide bonds. The minimum atomic E-state index is 0.439. The molecular formula is C14H19N. The van der Waals surface area contributed by atoms with Gasteiger partial charge in [0.2, 0.25) is 0 Å². The van der Waals surface area contributed by atoms with Crippen molar-refractivity contribution in [1.82, 2.24) is 0 Å². The molecule has 0 spiro atoms. The highest BCUT2D eigenvalue weighted by Gasteiger charge is 2.49. The smallest absolute Gasteiger partial charge is 0.0940 e. The molecule has 0 heterocycles. The van der Waals surface area contributed by atoms with Crippen molar-refractivity contribution in [2.45, 2.75) is 45.4 Å². The van der Waals surface area contributed by atoms with Gasteiger partial charge in [0.15, 0.2) is 0 Å². The molecule has 0 unspecified atom stereocenters. The number of rotatable bonds is 1. The summed E-state index contributed by atoms with van der Waals surface area (Å²) in [5.74, 6) is 2.96. The molecule has 4 aliphatic carbocycles. The molecule has 0 saturated heterocycles. The molecule has 1 heteroatoms. The fraction of sp³-hybridized carbons (Fsp3) is 0.786. The Morgan fingerprint density at radius 3 is 2.00 bits per heavy atom. The molecule has 4 saturated carbocycles. The first-order chi connectivity index (χ1) is 7.19. The van der Waals surface area contributed by atoms with Gasteiger partial charge in [0.05, 0.1) is 6.07 Å². The van der Waals surface area contributed by atoms with Crippen LogP contribution in [-0.2, 0) is 0 Å². The minimum Gasteiger partial charge on any atom is -0.193 e. The number of nitrogens with zero attached hydrogens (tertiary/aromatic N) is 1. The van der Waals surface area contributed by atoms with E-state index in [4.69, 9.17) is 5.26 Å². The summed E-state index contributed by atoms with van der Waals surface area (Å²) in [7, 11) is 0. The van der Waals surface area contributed by atoms with Crippen LogP contribution in [0.25, 0.3) is 0 Å². The zero-order valence-electron chi connectivity index (χ0n) is 9.50. The Bertz CT molecular complexity index is 310. The van der Waals surface area contributed by atoms with Crippen LogP contribution in [0.4, 0.5) is 0 Å². The maximum Gasteiger partial charge on any atom is 0.0940 e. The highest BCUT2D eigenvalue weighted by molar-refractivity contribution is 5.23. The fourth-order valence-electron chi connectivity index (χ4n) is 4.85. The Kier molecular flexibility index (Phi) is 1.96. The molecule has 0 aromatic carbocycles. The molecule has 4 aliphatic rings. The summed E-state index contributed by atoms with van der Waals surface area (Å²) < 4.78 is 0. The minimum absolute atomic E-state index is 0.439. The van der Waals surface area contributed by atoms with E-state index >= 15 is 0 Å². The Morgan fingerprint density at radius 1 is 1.13 bits per heavy atom. The van der Waals surface area contributed by atoms with Crippen molar-refractivity contribution < 1.29 is 0 Å². The maximum atomic E-state index is 8.92. The van der Waals surface area contributed by atoms with Gasteiger partial charge >= 0.3 is 0 Å². The summed E-state index contributed by atoms with van der Waals surface area (Å²) >= 11 is 0. The van der Waals surface area contributed by atoms with Gasteiger partial charge in [-0.05, 0) is 68.6 Å². The van der Waals surface area contributed by atoms with Gasteiger partial charge in [-0.2, -0.15) is 5.26 Å². The molecule has 1 nitrogen and oxygen atoms in total. The van der Waals surface area contributed by atoms with E-state index in [0.29, 0.717) is 5.41 Å². The number of nitriles is 1. The van der Waals surface area contributed by atoms with Crippen molar-refractivity contribution in [1.29, 1.82) is 5.26 Å². The van der Waals surface area contributed by atoms with Crippen LogP contribution < -0.4 is 0 Å². The third-order valence-electron chi connectivity index (χ3n) is 4.78. The van der Waals surface area contributed by atoms with E-state index in [1.165, 1.54) is 38.5 Å². The van der Waals surface area contributed by atoms with Crippen molar-refractivity contribution in [3.8, 4) is 6.07 Å². The Labute approximate surface area is 92.2 Å². The molecule has 4 fully saturated rings. The van der Waals surface area contributed by atoms with Gasteiger partial charge in [-0.3, -0.25) is 0 Å². The van der Waals surface area contributed by atoms with E-state index in [0.717, 1.165) is 23.3 Å². The summed E-state index contributed by atoms with van der Waals surface area (Å²) in [5.41, 5.74) is 1.38. The predicted molar refractivity (Wildman–Crippen MR) is 60.0 cm³/mol. The normalized spacial score (nSPS) is 48.0. The van der Waals surface area contributed by atoms with Crippen molar-refractivity contribution in [2.75, 3.05) is 0 Å². The maximum absolute atomic E-state index is 8.92. The van der Waals surface area contributed by atoms with Crippen LogP contribution >= 0.6 is 0 Å². The number of hydrogen-bond acceptors (Lipinski definition) is 1. The molecule has 0 aromatic rings. The lowest BCUT2D eigenvalue weighted by Crippen LogP contribution is -2.45. The Morgan fingerprint density at radius 2 is 1.60 bits per heavy atom. The third-order valence-corrected chi connectivity index (χ3v) is 4.78. The lowest BCUT2D eigenvalue weighted by atomic mass is 9.49. The molecule has 0 aromatic heterocycles. The van der Waals surface area contributed by atoms with E-state index in [1.54, 1.807) is 0 Å². The van der Waals surface area contributed by atoms with E-state index in [9.17, 15) is 0 Å². The summed E-state index contributed by atoms with van der Waals surface area (Å²) in [4.78, 5) is 0. The van der Waals surface area contributed by atoms with Crippen LogP contribution in [-0.4, -0.2) is 0 Å². The van der Waals surface area contributed by atoms with Crippen LogP contribution in [0.15, 0.2) is 11.6 Å². The first-order valence-corrected chi connectivity index (χ1v) is 6.29. The second-order valence-corrected chi connectivity index (χ2v) is 6.22. The van der Waals surface area contributed by atoms with Gasteiger partial charge in [-0.25, -0.2) is 0 Å². The van der Waals surface area contributed by atoms with Gasteiger partial charge in [0, 0.05) is 5.57 Å². The first-order valence-electron chi connectivity index (χ1n) is 6.29. The van der Waals surface area contributed by atoms with Gasteiger partial charge in [-0.15, -0.1) is 0 Å². The van der Waals surface area contributed by atoms with Crippen LogP contribution in [0.2, 0.25) is 0 Å². The van der Waals surface area contributed by atoms with Crippen LogP contribution in [0.1, 0.15) is 45.4 Å². The van der Waals surface area contributed by atoms with E-state index in [1.807, 2.05) is 6.92 Å². The summed E-state index contributed by atoms with van der Waals surface area (Å²) in [5, 5.41) is 8.92. The standard InChI is InChI=1S/C14H19N/c1-10(9-15)5-14-6-11-2-12(7-14)4-13(3-11)8-14/h5,11-13H,2-4,6-8H2,1H3/b10-5+. The summed E-state index contributed by atoms with van der Waals surface area (Å²) in [6.07, 6.45) is 10.9. The molecule has 0 radical (unpaired) electrons.